The number of esters is 1. The van der Waals surface area contributed by atoms with Crippen LogP contribution in [-0.4, -0.2) is 47.5 Å². The van der Waals surface area contributed by atoms with Gasteiger partial charge in [0.25, 0.3) is 5.56 Å². The summed E-state index contributed by atoms with van der Waals surface area (Å²) in [6.45, 7) is 6.67. The van der Waals surface area contributed by atoms with E-state index in [-0.39, 0.29) is 24.4 Å². The Morgan fingerprint density at radius 2 is 1.67 bits per heavy atom. The summed E-state index contributed by atoms with van der Waals surface area (Å²) in [5.41, 5.74) is 0.758. The minimum Gasteiger partial charge on any atom is -0.497 e. The lowest BCUT2D eigenvalue weighted by Crippen LogP contribution is -2.36. The Morgan fingerprint density at radius 3 is 2.24 bits per heavy atom. The number of carbonyl (C=O) groups is 1. The second-order valence-electron chi connectivity index (χ2n) is 10.4. The van der Waals surface area contributed by atoms with Crippen molar-refractivity contribution in [3.63, 3.8) is 0 Å². The highest BCUT2D eigenvalue weighted by atomic mass is 31.2. The largest absolute Gasteiger partial charge is 0.497 e. The number of benzene rings is 2. The summed E-state index contributed by atoms with van der Waals surface area (Å²) >= 11 is 0. The molecule has 42 heavy (non-hydrogen) atoms. The Labute approximate surface area is 243 Å². The topological polar surface area (TPSA) is 147 Å². The molecule has 5 atom stereocenters. The molecule has 1 aliphatic heterocycles. The molecule has 226 valence electrons. The van der Waals surface area contributed by atoms with E-state index >= 15 is 0 Å². The molecule has 13 heteroatoms. The monoisotopic (exact) mass is 601 g/mol. The van der Waals surface area contributed by atoms with E-state index in [0.29, 0.717) is 6.42 Å². The highest BCUT2D eigenvalue weighted by Gasteiger charge is 2.38. The van der Waals surface area contributed by atoms with Gasteiger partial charge in [0.15, 0.2) is 0 Å². The standard InChI is InChI=1S/C29H36N3O9P/c1-18(2)39-28(34)20(4)31-42(36,41-24-12-8-22(9-13-24)21-6-10-23(37-5)11-7-21)38-17-25-16-19(3)27(40-25)32-15-14-26(33)30-29(32)35/h6-15,18-20,25,27H,16-17H2,1-5H3,(H,31,36)(H,30,33,35)/t19-,20-,25-,27+,42?/m0/s1. The van der Waals surface area contributed by atoms with Crippen molar-refractivity contribution in [2.24, 2.45) is 5.92 Å². The zero-order valence-electron chi connectivity index (χ0n) is 24.1. The number of H-pyrrole nitrogens is 1. The number of aromatic nitrogens is 2. The second-order valence-corrected chi connectivity index (χ2v) is 12.0. The highest BCUT2D eigenvalue weighted by molar-refractivity contribution is 7.52. The van der Waals surface area contributed by atoms with Crippen LogP contribution in [0.5, 0.6) is 11.5 Å². The van der Waals surface area contributed by atoms with Gasteiger partial charge >= 0.3 is 19.4 Å². The number of rotatable bonds is 12. The first-order valence-electron chi connectivity index (χ1n) is 13.6. The number of aromatic amines is 1. The highest BCUT2D eigenvalue weighted by Crippen LogP contribution is 2.46. The molecule has 1 aliphatic rings. The van der Waals surface area contributed by atoms with Crippen molar-refractivity contribution in [1.82, 2.24) is 14.6 Å². The van der Waals surface area contributed by atoms with E-state index in [9.17, 15) is 18.9 Å². The van der Waals surface area contributed by atoms with Gasteiger partial charge in [0.2, 0.25) is 0 Å². The average Bonchev–Trinajstić information content (AvgIpc) is 3.32. The van der Waals surface area contributed by atoms with Gasteiger partial charge in [-0.25, -0.2) is 9.36 Å². The number of methoxy groups -OCH3 is 1. The zero-order chi connectivity index (χ0) is 30.4. The van der Waals surface area contributed by atoms with Crippen molar-refractivity contribution in [2.75, 3.05) is 13.7 Å². The fourth-order valence-corrected chi connectivity index (χ4v) is 6.04. The minimum absolute atomic E-state index is 0.110. The second kappa shape index (κ2) is 13.5. The number of ether oxygens (including phenoxy) is 3. The van der Waals surface area contributed by atoms with Crippen LogP contribution in [-0.2, 0) is 23.4 Å². The molecule has 2 aromatic carbocycles. The fourth-order valence-electron chi connectivity index (χ4n) is 4.52. The maximum absolute atomic E-state index is 14.0. The molecule has 4 rings (SSSR count). The van der Waals surface area contributed by atoms with Crippen LogP contribution in [0, 0.1) is 5.92 Å². The van der Waals surface area contributed by atoms with E-state index in [4.69, 9.17) is 23.3 Å². The predicted octanol–water partition coefficient (Wildman–Crippen LogP) is 4.27. The normalized spacial score (nSPS) is 20.6. The first-order chi connectivity index (χ1) is 20.0. The minimum atomic E-state index is -4.14. The number of nitrogens with zero attached hydrogens (tertiary/aromatic N) is 1. The fraction of sp³-hybridized carbons (Fsp3) is 0.414. The molecule has 2 N–H and O–H groups in total. The van der Waals surface area contributed by atoms with E-state index in [1.807, 2.05) is 43.3 Å². The van der Waals surface area contributed by atoms with Crippen molar-refractivity contribution in [2.45, 2.75) is 58.6 Å². The molecule has 1 aromatic heterocycles. The SMILES string of the molecule is COc1ccc(-c2ccc(OP(=O)(N[C@@H](C)C(=O)OC(C)C)OC[C@@H]3C[C@H](C)[C@H](n4ccc(=O)[nH]c4=O)O3)cc2)cc1. The van der Waals surface area contributed by atoms with Crippen LogP contribution in [0.2, 0.25) is 0 Å². The number of carbonyl (C=O) groups excluding carboxylic acids is 1. The van der Waals surface area contributed by atoms with Gasteiger partial charge in [-0.2, -0.15) is 5.09 Å². The Bertz CT molecular complexity index is 1520. The lowest BCUT2D eigenvalue weighted by atomic mass is 10.1. The molecule has 1 fully saturated rings. The summed E-state index contributed by atoms with van der Waals surface area (Å²) in [5, 5.41) is 2.67. The van der Waals surface area contributed by atoms with Gasteiger partial charge in [-0.15, -0.1) is 0 Å². The Hall–Kier alpha value is -3.70. The molecule has 0 spiro atoms. The van der Waals surface area contributed by atoms with E-state index in [1.165, 1.54) is 23.8 Å². The summed E-state index contributed by atoms with van der Waals surface area (Å²) in [6, 6.07) is 14.7. The Balaban J connectivity index is 1.48. The Morgan fingerprint density at radius 1 is 1.05 bits per heavy atom. The van der Waals surface area contributed by atoms with E-state index < -0.39 is 43.3 Å². The van der Waals surface area contributed by atoms with Crippen LogP contribution >= 0.6 is 7.75 Å². The first kappa shape index (κ1) is 31.2. The molecule has 1 saturated heterocycles. The predicted molar refractivity (Wildman–Crippen MR) is 155 cm³/mol. The van der Waals surface area contributed by atoms with Crippen LogP contribution in [0.15, 0.2) is 70.4 Å². The lowest BCUT2D eigenvalue weighted by Gasteiger charge is -2.24. The van der Waals surface area contributed by atoms with Crippen molar-refractivity contribution < 1.29 is 32.6 Å². The molecule has 0 amide bonds. The third-order valence-electron chi connectivity index (χ3n) is 6.57. The van der Waals surface area contributed by atoms with Gasteiger partial charge in [0.05, 0.1) is 25.9 Å². The van der Waals surface area contributed by atoms with Crippen molar-refractivity contribution in [3.05, 3.63) is 81.6 Å². The molecule has 2 heterocycles. The molecule has 0 radical (unpaired) electrons. The summed E-state index contributed by atoms with van der Waals surface area (Å²) < 4.78 is 43.4. The van der Waals surface area contributed by atoms with E-state index in [1.54, 1.807) is 33.1 Å². The van der Waals surface area contributed by atoms with Crippen LogP contribution in [0.3, 0.4) is 0 Å². The quantitative estimate of drug-likeness (QED) is 0.228. The summed E-state index contributed by atoms with van der Waals surface area (Å²) in [5.74, 6) is 0.271. The van der Waals surface area contributed by atoms with Gasteiger partial charge in [-0.05, 0) is 62.6 Å². The molecule has 12 nitrogen and oxygen atoms in total. The number of hydrogen-bond acceptors (Lipinski definition) is 9. The van der Waals surface area contributed by atoms with Crippen LogP contribution in [0.1, 0.15) is 40.3 Å². The van der Waals surface area contributed by atoms with Crippen molar-refractivity contribution >= 4 is 13.7 Å². The van der Waals surface area contributed by atoms with Crippen molar-refractivity contribution in [3.8, 4) is 22.6 Å². The van der Waals surface area contributed by atoms with Gasteiger partial charge in [-0.1, -0.05) is 31.2 Å². The Kier molecular flexibility index (Phi) is 10.1. The van der Waals surface area contributed by atoms with Crippen molar-refractivity contribution in [1.29, 1.82) is 0 Å². The summed E-state index contributed by atoms with van der Waals surface area (Å²) in [6.07, 6.45) is 0.297. The molecule has 0 saturated carbocycles. The van der Waals surface area contributed by atoms with Gasteiger partial charge in [0, 0.05) is 18.2 Å². The molecule has 0 bridgehead atoms. The lowest BCUT2D eigenvalue weighted by molar-refractivity contribution is -0.149. The van der Waals surface area contributed by atoms with Crippen LogP contribution in [0.25, 0.3) is 11.1 Å². The average molecular weight is 602 g/mol. The smallest absolute Gasteiger partial charge is 0.459 e. The molecule has 0 aliphatic carbocycles. The van der Waals surface area contributed by atoms with E-state index in [0.717, 1.165) is 16.9 Å². The summed E-state index contributed by atoms with van der Waals surface area (Å²) in [4.78, 5) is 38.4. The van der Waals surface area contributed by atoms with Crippen LogP contribution in [0.4, 0.5) is 0 Å². The third-order valence-corrected chi connectivity index (χ3v) is 8.21. The van der Waals surface area contributed by atoms with E-state index in [2.05, 4.69) is 10.1 Å². The van der Waals surface area contributed by atoms with Gasteiger partial charge < -0.3 is 18.7 Å². The first-order valence-corrected chi connectivity index (χ1v) is 15.1. The number of nitrogens with one attached hydrogen (secondary N) is 2. The molecule has 3 aromatic rings. The molecular formula is C29H36N3O9P. The number of hydrogen-bond donors (Lipinski definition) is 2. The van der Waals surface area contributed by atoms with Gasteiger partial charge in [-0.3, -0.25) is 23.7 Å². The zero-order valence-corrected chi connectivity index (χ0v) is 25.0. The third kappa shape index (κ3) is 7.98. The maximum atomic E-state index is 14.0. The maximum Gasteiger partial charge on any atom is 0.459 e. The molecular weight excluding hydrogens is 565 g/mol. The summed E-state index contributed by atoms with van der Waals surface area (Å²) in [7, 11) is -2.53. The van der Waals surface area contributed by atoms with Gasteiger partial charge in [0.1, 0.15) is 23.8 Å². The molecule has 1 unspecified atom stereocenters. The van der Waals surface area contributed by atoms with Crippen LogP contribution < -0.4 is 25.6 Å².